The van der Waals surface area contributed by atoms with E-state index in [9.17, 15) is 4.79 Å². The predicted molar refractivity (Wildman–Crippen MR) is 98.1 cm³/mol. The molecule has 0 radical (unpaired) electrons. The van der Waals surface area contributed by atoms with Gasteiger partial charge in [-0.05, 0) is 23.6 Å². The maximum Gasteiger partial charge on any atom is 0.223 e. The number of anilines is 1. The number of para-hydroxylation sites is 1. The SMILES string of the molecule is Cl.Nc1ccccc1CCC(=O)N1CCOC(c2ccccc2)C1. The predicted octanol–water partition coefficient (Wildman–Crippen LogP) is 3.22. The number of rotatable bonds is 4. The van der Waals surface area contributed by atoms with Gasteiger partial charge in [0.1, 0.15) is 6.10 Å². The molecule has 1 aliphatic heterocycles. The molecule has 1 atom stereocenters. The number of benzene rings is 2. The largest absolute Gasteiger partial charge is 0.399 e. The van der Waals surface area contributed by atoms with Gasteiger partial charge in [0.25, 0.3) is 0 Å². The van der Waals surface area contributed by atoms with Crippen molar-refractivity contribution >= 4 is 24.0 Å². The van der Waals surface area contributed by atoms with Gasteiger partial charge in [0.15, 0.2) is 0 Å². The molecule has 2 aromatic rings. The van der Waals surface area contributed by atoms with E-state index >= 15 is 0 Å². The third kappa shape index (κ3) is 4.49. The first-order chi connectivity index (χ1) is 11.2. The number of halogens is 1. The van der Waals surface area contributed by atoms with Crippen molar-refractivity contribution in [3.8, 4) is 0 Å². The maximum atomic E-state index is 12.5. The van der Waals surface area contributed by atoms with Crippen LogP contribution < -0.4 is 5.73 Å². The lowest BCUT2D eigenvalue weighted by Crippen LogP contribution is -2.42. The molecule has 0 spiro atoms. The lowest BCUT2D eigenvalue weighted by atomic mass is 10.1. The zero-order chi connectivity index (χ0) is 16.1. The maximum absolute atomic E-state index is 12.5. The number of amides is 1. The Bertz CT molecular complexity index is 663. The standard InChI is InChI=1S/C19H22N2O2.ClH/c20-17-9-5-4-6-15(17)10-11-19(22)21-12-13-23-18(14-21)16-7-2-1-3-8-16;/h1-9,18H,10-14,20H2;1H. The lowest BCUT2D eigenvalue weighted by molar-refractivity contribution is -0.139. The highest BCUT2D eigenvalue weighted by Crippen LogP contribution is 2.22. The van der Waals surface area contributed by atoms with Crippen LogP contribution in [0.2, 0.25) is 0 Å². The van der Waals surface area contributed by atoms with Crippen LogP contribution in [-0.4, -0.2) is 30.5 Å². The summed E-state index contributed by atoms with van der Waals surface area (Å²) in [5, 5.41) is 0. The van der Waals surface area contributed by atoms with Crippen LogP contribution in [0.25, 0.3) is 0 Å². The van der Waals surface area contributed by atoms with Gasteiger partial charge in [0.05, 0.1) is 13.2 Å². The van der Waals surface area contributed by atoms with Gasteiger partial charge in [0, 0.05) is 18.7 Å². The quantitative estimate of drug-likeness (QED) is 0.865. The monoisotopic (exact) mass is 346 g/mol. The number of nitrogens with zero attached hydrogens (tertiary/aromatic N) is 1. The van der Waals surface area contributed by atoms with Crippen LogP contribution in [0, 0.1) is 0 Å². The van der Waals surface area contributed by atoms with Crippen molar-refractivity contribution in [2.45, 2.75) is 18.9 Å². The summed E-state index contributed by atoms with van der Waals surface area (Å²) in [5.41, 5.74) is 8.85. The number of carbonyl (C=O) groups excluding carboxylic acids is 1. The van der Waals surface area contributed by atoms with Crippen LogP contribution in [-0.2, 0) is 16.0 Å². The molecule has 1 fully saturated rings. The van der Waals surface area contributed by atoms with Crippen molar-refractivity contribution in [2.75, 3.05) is 25.4 Å². The summed E-state index contributed by atoms with van der Waals surface area (Å²) in [7, 11) is 0. The summed E-state index contributed by atoms with van der Waals surface area (Å²) in [5.74, 6) is 0.164. The smallest absolute Gasteiger partial charge is 0.223 e. The number of morpholine rings is 1. The molecule has 0 aromatic heterocycles. The second-order valence-corrected chi connectivity index (χ2v) is 5.81. The molecular formula is C19H23ClN2O2. The van der Waals surface area contributed by atoms with Crippen LogP contribution >= 0.6 is 12.4 Å². The van der Waals surface area contributed by atoms with E-state index in [2.05, 4.69) is 0 Å². The average Bonchev–Trinajstić information content (AvgIpc) is 2.62. The second-order valence-electron chi connectivity index (χ2n) is 5.81. The van der Waals surface area contributed by atoms with E-state index in [-0.39, 0.29) is 24.4 Å². The highest BCUT2D eigenvalue weighted by molar-refractivity contribution is 5.85. The Morgan fingerprint density at radius 2 is 1.83 bits per heavy atom. The Kier molecular flexibility index (Phi) is 6.64. The summed E-state index contributed by atoms with van der Waals surface area (Å²) < 4.78 is 5.81. The fraction of sp³-hybridized carbons (Fsp3) is 0.316. The number of nitrogens with two attached hydrogens (primary N) is 1. The van der Waals surface area contributed by atoms with Crippen LogP contribution in [0.4, 0.5) is 5.69 Å². The lowest BCUT2D eigenvalue weighted by Gasteiger charge is -2.33. The molecule has 2 aromatic carbocycles. The van der Waals surface area contributed by atoms with E-state index in [4.69, 9.17) is 10.5 Å². The fourth-order valence-electron chi connectivity index (χ4n) is 2.91. The summed E-state index contributed by atoms with van der Waals surface area (Å²) in [6, 6.07) is 17.8. The summed E-state index contributed by atoms with van der Waals surface area (Å²) >= 11 is 0. The molecule has 1 amide bonds. The molecule has 3 rings (SSSR count). The number of hydrogen-bond donors (Lipinski definition) is 1. The second kappa shape index (κ2) is 8.71. The van der Waals surface area contributed by atoms with Gasteiger partial charge in [-0.25, -0.2) is 0 Å². The van der Waals surface area contributed by atoms with Gasteiger partial charge in [-0.2, -0.15) is 0 Å². The van der Waals surface area contributed by atoms with Crippen molar-refractivity contribution in [1.29, 1.82) is 0 Å². The third-order valence-electron chi connectivity index (χ3n) is 4.25. The molecule has 2 N–H and O–H groups in total. The Labute approximate surface area is 149 Å². The van der Waals surface area contributed by atoms with Crippen LogP contribution in [0.15, 0.2) is 54.6 Å². The van der Waals surface area contributed by atoms with E-state index in [0.29, 0.717) is 32.5 Å². The van der Waals surface area contributed by atoms with E-state index in [1.807, 2.05) is 59.5 Å². The van der Waals surface area contributed by atoms with Gasteiger partial charge in [0.2, 0.25) is 5.91 Å². The molecule has 1 aliphatic rings. The van der Waals surface area contributed by atoms with Gasteiger partial charge < -0.3 is 15.4 Å². The first kappa shape index (κ1) is 18.3. The van der Waals surface area contributed by atoms with E-state index in [1.54, 1.807) is 0 Å². The summed E-state index contributed by atoms with van der Waals surface area (Å²) in [4.78, 5) is 14.4. The van der Waals surface area contributed by atoms with Crippen LogP contribution in [0.1, 0.15) is 23.7 Å². The number of ether oxygens (including phenoxy) is 1. The first-order valence-electron chi connectivity index (χ1n) is 8.02. The molecule has 1 unspecified atom stereocenters. The molecule has 1 heterocycles. The molecule has 0 bridgehead atoms. The van der Waals surface area contributed by atoms with Crippen molar-refractivity contribution in [1.82, 2.24) is 4.90 Å². The number of aryl methyl sites for hydroxylation is 1. The molecule has 24 heavy (non-hydrogen) atoms. The minimum Gasteiger partial charge on any atom is -0.399 e. The van der Waals surface area contributed by atoms with Crippen molar-refractivity contribution < 1.29 is 9.53 Å². The molecule has 0 aliphatic carbocycles. The topological polar surface area (TPSA) is 55.6 Å². The zero-order valence-electron chi connectivity index (χ0n) is 13.6. The molecule has 5 heteroatoms. The Hall–Kier alpha value is -2.04. The molecular weight excluding hydrogens is 324 g/mol. The van der Waals surface area contributed by atoms with Gasteiger partial charge in [-0.3, -0.25) is 4.79 Å². The molecule has 0 saturated carbocycles. The van der Waals surface area contributed by atoms with E-state index < -0.39 is 0 Å². The highest BCUT2D eigenvalue weighted by Gasteiger charge is 2.25. The number of carbonyl (C=O) groups is 1. The van der Waals surface area contributed by atoms with Gasteiger partial charge in [-0.15, -0.1) is 12.4 Å². The Morgan fingerprint density at radius 3 is 2.58 bits per heavy atom. The number of hydrogen-bond acceptors (Lipinski definition) is 3. The Morgan fingerprint density at radius 1 is 1.12 bits per heavy atom. The van der Waals surface area contributed by atoms with E-state index in [1.165, 1.54) is 0 Å². The zero-order valence-corrected chi connectivity index (χ0v) is 14.4. The Balaban J connectivity index is 0.00000208. The minimum atomic E-state index is -0.0318. The molecule has 4 nitrogen and oxygen atoms in total. The third-order valence-corrected chi connectivity index (χ3v) is 4.25. The van der Waals surface area contributed by atoms with Crippen molar-refractivity contribution in [3.63, 3.8) is 0 Å². The van der Waals surface area contributed by atoms with Crippen LogP contribution in [0.5, 0.6) is 0 Å². The minimum absolute atomic E-state index is 0. The van der Waals surface area contributed by atoms with Gasteiger partial charge >= 0.3 is 0 Å². The molecule has 128 valence electrons. The molecule has 1 saturated heterocycles. The van der Waals surface area contributed by atoms with Gasteiger partial charge in [-0.1, -0.05) is 48.5 Å². The van der Waals surface area contributed by atoms with Crippen molar-refractivity contribution in [3.05, 3.63) is 65.7 Å². The van der Waals surface area contributed by atoms with Crippen molar-refractivity contribution in [2.24, 2.45) is 0 Å². The number of nitrogen functional groups attached to an aromatic ring is 1. The first-order valence-corrected chi connectivity index (χ1v) is 8.02. The van der Waals surface area contributed by atoms with E-state index in [0.717, 1.165) is 16.8 Å². The fourth-order valence-corrected chi connectivity index (χ4v) is 2.91. The average molecular weight is 347 g/mol. The normalized spacial score (nSPS) is 17.2. The summed E-state index contributed by atoms with van der Waals surface area (Å²) in [6.45, 7) is 1.86. The van der Waals surface area contributed by atoms with Crippen LogP contribution in [0.3, 0.4) is 0 Å². The highest BCUT2D eigenvalue weighted by atomic mass is 35.5. The summed E-state index contributed by atoms with van der Waals surface area (Å²) in [6.07, 6.45) is 1.13.